The lowest BCUT2D eigenvalue weighted by atomic mass is 9.77. The van der Waals surface area contributed by atoms with Crippen molar-refractivity contribution in [2.24, 2.45) is 5.73 Å². The highest BCUT2D eigenvalue weighted by molar-refractivity contribution is 5.32. The van der Waals surface area contributed by atoms with Crippen molar-refractivity contribution in [1.82, 2.24) is 0 Å². The van der Waals surface area contributed by atoms with E-state index in [0.29, 0.717) is 18.4 Å². The zero-order valence-corrected chi connectivity index (χ0v) is 9.47. The van der Waals surface area contributed by atoms with E-state index >= 15 is 0 Å². The first kappa shape index (κ1) is 11.5. The van der Waals surface area contributed by atoms with E-state index < -0.39 is 5.67 Å². The Kier molecular flexibility index (Phi) is 2.98. The van der Waals surface area contributed by atoms with Crippen LogP contribution in [0.5, 0.6) is 0 Å². The van der Waals surface area contributed by atoms with Crippen LogP contribution < -0.4 is 5.73 Å². The van der Waals surface area contributed by atoms with Crippen molar-refractivity contribution in [2.45, 2.75) is 44.3 Å². The van der Waals surface area contributed by atoms with Crippen molar-refractivity contribution >= 4 is 0 Å². The normalized spacial score (nSPS) is 30.4. The van der Waals surface area contributed by atoms with Crippen molar-refractivity contribution in [3.63, 3.8) is 0 Å². The van der Waals surface area contributed by atoms with Gasteiger partial charge in [0.15, 0.2) is 0 Å². The highest BCUT2D eigenvalue weighted by Crippen LogP contribution is 2.41. The Morgan fingerprint density at radius 3 is 2.88 bits per heavy atom. The standard InChI is InChI=1S/C13H17F2N/c1-9-4-5-10(14)7-12(9)13(15)6-2-3-11(16)8-13/h4-5,7,11H,2-3,6,8,16H2,1H3. The topological polar surface area (TPSA) is 26.0 Å². The Balaban J connectivity index is 2.37. The van der Waals surface area contributed by atoms with Gasteiger partial charge in [0, 0.05) is 12.5 Å². The van der Waals surface area contributed by atoms with Crippen molar-refractivity contribution in [3.05, 3.63) is 35.1 Å². The summed E-state index contributed by atoms with van der Waals surface area (Å²) in [5, 5.41) is 0. The van der Waals surface area contributed by atoms with Crippen LogP contribution in [-0.2, 0) is 5.67 Å². The fourth-order valence-electron chi connectivity index (χ4n) is 2.59. The maximum atomic E-state index is 14.7. The van der Waals surface area contributed by atoms with Gasteiger partial charge >= 0.3 is 0 Å². The molecule has 0 aromatic heterocycles. The van der Waals surface area contributed by atoms with Crippen LogP contribution in [0.3, 0.4) is 0 Å². The number of hydrogen-bond acceptors (Lipinski definition) is 1. The number of rotatable bonds is 1. The molecule has 0 amide bonds. The predicted octanol–water partition coefficient (Wildman–Crippen LogP) is 3.20. The molecule has 1 aromatic rings. The second kappa shape index (κ2) is 4.13. The van der Waals surface area contributed by atoms with E-state index in [1.807, 2.05) is 6.92 Å². The van der Waals surface area contributed by atoms with E-state index in [4.69, 9.17) is 5.73 Å². The second-order valence-corrected chi connectivity index (χ2v) is 4.78. The summed E-state index contributed by atoms with van der Waals surface area (Å²) in [5.41, 5.74) is 5.64. The molecular weight excluding hydrogens is 208 g/mol. The minimum atomic E-state index is -1.44. The Hall–Kier alpha value is -0.960. The average molecular weight is 225 g/mol. The van der Waals surface area contributed by atoms with E-state index in [1.165, 1.54) is 12.1 Å². The molecule has 88 valence electrons. The van der Waals surface area contributed by atoms with Gasteiger partial charge in [0.1, 0.15) is 11.5 Å². The summed E-state index contributed by atoms with van der Waals surface area (Å²) < 4.78 is 27.9. The van der Waals surface area contributed by atoms with Gasteiger partial charge in [-0.1, -0.05) is 6.07 Å². The molecule has 0 spiro atoms. The van der Waals surface area contributed by atoms with Crippen LogP contribution in [0.2, 0.25) is 0 Å². The van der Waals surface area contributed by atoms with Crippen LogP contribution in [0.1, 0.15) is 36.8 Å². The molecule has 0 bridgehead atoms. The maximum Gasteiger partial charge on any atom is 0.137 e. The molecule has 2 rings (SSSR count). The lowest BCUT2D eigenvalue weighted by Crippen LogP contribution is -2.36. The highest BCUT2D eigenvalue weighted by Gasteiger charge is 2.38. The van der Waals surface area contributed by atoms with E-state index in [1.54, 1.807) is 6.07 Å². The molecule has 1 aromatic carbocycles. The van der Waals surface area contributed by atoms with Crippen LogP contribution in [0.15, 0.2) is 18.2 Å². The third-order valence-corrected chi connectivity index (χ3v) is 3.42. The van der Waals surface area contributed by atoms with Gasteiger partial charge in [-0.2, -0.15) is 0 Å². The monoisotopic (exact) mass is 225 g/mol. The van der Waals surface area contributed by atoms with Gasteiger partial charge in [-0.05, 0) is 49.4 Å². The number of hydrogen-bond donors (Lipinski definition) is 1. The molecule has 1 aliphatic rings. The molecule has 2 atom stereocenters. The summed E-state index contributed by atoms with van der Waals surface area (Å²) in [5.74, 6) is -0.378. The number of halogens is 2. The summed E-state index contributed by atoms with van der Waals surface area (Å²) in [4.78, 5) is 0. The smallest absolute Gasteiger partial charge is 0.137 e. The summed E-state index contributed by atoms with van der Waals surface area (Å²) in [6.07, 6.45) is 2.38. The molecule has 16 heavy (non-hydrogen) atoms. The number of aryl methyl sites for hydroxylation is 1. The van der Waals surface area contributed by atoms with Crippen molar-refractivity contribution in [3.8, 4) is 0 Å². The summed E-state index contributed by atoms with van der Waals surface area (Å²) >= 11 is 0. The van der Waals surface area contributed by atoms with E-state index in [-0.39, 0.29) is 11.9 Å². The fourth-order valence-corrected chi connectivity index (χ4v) is 2.59. The van der Waals surface area contributed by atoms with Gasteiger partial charge in [0.2, 0.25) is 0 Å². The second-order valence-electron chi connectivity index (χ2n) is 4.78. The molecule has 2 unspecified atom stereocenters. The Bertz CT molecular complexity index is 392. The van der Waals surface area contributed by atoms with Crippen molar-refractivity contribution < 1.29 is 8.78 Å². The molecule has 0 radical (unpaired) electrons. The fraction of sp³-hybridized carbons (Fsp3) is 0.538. The van der Waals surface area contributed by atoms with E-state index in [9.17, 15) is 8.78 Å². The molecule has 0 saturated heterocycles. The van der Waals surface area contributed by atoms with Crippen LogP contribution in [-0.4, -0.2) is 6.04 Å². The highest BCUT2D eigenvalue weighted by atomic mass is 19.1. The zero-order valence-electron chi connectivity index (χ0n) is 9.47. The molecular formula is C13H17F2N. The lowest BCUT2D eigenvalue weighted by molar-refractivity contribution is 0.0937. The summed E-state index contributed by atoms with van der Waals surface area (Å²) in [6.45, 7) is 1.82. The largest absolute Gasteiger partial charge is 0.328 e. The Labute approximate surface area is 94.7 Å². The predicted molar refractivity (Wildman–Crippen MR) is 60.4 cm³/mol. The molecule has 0 heterocycles. The van der Waals surface area contributed by atoms with Gasteiger partial charge in [-0.15, -0.1) is 0 Å². The number of nitrogens with two attached hydrogens (primary N) is 1. The Morgan fingerprint density at radius 2 is 2.19 bits per heavy atom. The van der Waals surface area contributed by atoms with E-state index in [2.05, 4.69) is 0 Å². The third-order valence-electron chi connectivity index (χ3n) is 3.42. The van der Waals surface area contributed by atoms with E-state index in [0.717, 1.165) is 18.4 Å². The number of alkyl halides is 1. The minimum absolute atomic E-state index is 0.110. The van der Waals surface area contributed by atoms with Crippen LogP contribution in [0.25, 0.3) is 0 Å². The van der Waals surface area contributed by atoms with Crippen LogP contribution in [0, 0.1) is 12.7 Å². The maximum absolute atomic E-state index is 14.7. The first-order valence-electron chi connectivity index (χ1n) is 5.72. The van der Waals surface area contributed by atoms with Gasteiger partial charge in [-0.3, -0.25) is 0 Å². The lowest BCUT2D eigenvalue weighted by Gasteiger charge is -2.34. The minimum Gasteiger partial charge on any atom is -0.328 e. The third kappa shape index (κ3) is 2.09. The molecule has 1 aliphatic carbocycles. The molecule has 0 aliphatic heterocycles. The van der Waals surface area contributed by atoms with Gasteiger partial charge < -0.3 is 5.73 Å². The van der Waals surface area contributed by atoms with Crippen LogP contribution in [0.4, 0.5) is 8.78 Å². The van der Waals surface area contributed by atoms with Crippen molar-refractivity contribution in [1.29, 1.82) is 0 Å². The van der Waals surface area contributed by atoms with Gasteiger partial charge in [0.25, 0.3) is 0 Å². The molecule has 2 N–H and O–H groups in total. The summed E-state index contributed by atoms with van der Waals surface area (Å²) in [6, 6.07) is 4.20. The quantitative estimate of drug-likeness (QED) is 0.780. The average Bonchev–Trinajstić information content (AvgIpc) is 2.21. The molecule has 3 heteroatoms. The molecule has 1 nitrogen and oxygen atoms in total. The van der Waals surface area contributed by atoms with Crippen LogP contribution >= 0.6 is 0 Å². The van der Waals surface area contributed by atoms with Gasteiger partial charge in [0.05, 0.1) is 0 Å². The first-order valence-corrected chi connectivity index (χ1v) is 5.72. The SMILES string of the molecule is Cc1ccc(F)cc1C1(F)CCCC(N)C1. The number of benzene rings is 1. The summed E-state index contributed by atoms with van der Waals surface area (Å²) in [7, 11) is 0. The zero-order chi connectivity index (χ0) is 11.8. The molecule has 1 saturated carbocycles. The van der Waals surface area contributed by atoms with Crippen molar-refractivity contribution in [2.75, 3.05) is 0 Å². The Morgan fingerprint density at radius 1 is 1.44 bits per heavy atom. The molecule has 1 fully saturated rings. The first-order chi connectivity index (χ1) is 7.51. The van der Waals surface area contributed by atoms with Gasteiger partial charge in [-0.25, -0.2) is 8.78 Å².